The molecule has 0 spiro atoms. The summed E-state index contributed by atoms with van der Waals surface area (Å²) in [6, 6.07) is 4.80. The zero-order chi connectivity index (χ0) is 12.8. The van der Waals surface area contributed by atoms with Crippen molar-refractivity contribution in [3.8, 4) is 11.5 Å². The van der Waals surface area contributed by atoms with Gasteiger partial charge in [-0.2, -0.15) is 8.78 Å². The molecule has 94 valence electrons. The number of hydrogen-bond donors (Lipinski definition) is 1. The molecule has 0 unspecified atom stereocenters. The van der Waals surface area contributed by atoms with Crippen LogP contribution in [0.25, 0.3) is 6.08 Å². The molecule has 5 heteroatoms. The van der Waals surface area contributed by atoms with Crippen LogP contribution in [-0.2, 0) is 0 Å². The van der Waals surface area contributed by atoms with Crippen molar-refractivity contribution < 1.29 is 23.4 Å². The Labute approximate surface area is 98.3 Å². The number of alkyl halides is 2. The lowest BCUT2D eigenvalue weighted by Crippen LogP contribution is -2.05. The lowest BCUT2D eigenvalue weighted by atomic mass is 10.1. The van der Waals surface area contributed by atoms with Crippen LogP contribution in [0.2, 0.25) is 0 Å². The molecule has 17 heavy (non-hydrogen) atoms. The van der Waals surface area contributed by atoms with Gasteiger partial charge in [-0.25, -0.2) is 0 Å². The lowest BCUT2D eigenvalue weighted by Gasteiger charge is -2.12. The quantitative estimate of drug-likeness (QED) is 0.865. The minimum atomic E-state index is -2.92. The minimum Gasteiger partial charge on any atom is -0.493 e. The zero-order valence-corrected chi connectivity index (χ0v) is 9.61. The Kier molecular flexibility index (Phi) is 4.90. The SMILES string of the molecule is COc1cccc(C=C(C)CO)c1OC(F)F. The second-order valence-electron chi connectivity index (χ2n) is 3.41. The van der Waals surface area contributed by atoms with Crippen LogP contribution in [0.3, 0.4) is 0 Å². The van der Waals surface area contributed by atoms with E-state index in [0.29, 0.717) is 11.1 Å². The zero-order valence-electron chi connectivity index (χ0n) is 9.61. The summed E-state index contributed by atoms with van der Waals surface area (Å²) in [5, 5.41) is 8.91. The number of aliphatic hydroxyl groups is 1. The predicted molar refractivity (Wildman–Crippen MR) is 60.4 cm³/mol. The summed E-state index contributed by atoms with van der Waals surface area (Å²) < 4.78 is 34.0. The van der Waals surface area contributed by atoms with Crippen LogP contribution in [0.15, 0.2) is 23.8 Å². The number of benzene rings is 1. The van der Waals surface area contributed by atoms with Gasteiger partial charge in [-0.05, 0) is 24.6 Å². The van der Waals surface area contributed by atoms with Gasteiger partial charge in [0.15, 0.2) is 11.5 Å². The Morgan fingerprint density at radius 3 is 2.71 bits per heavy atom. The standard InChI is InChI=1S/C12H14F2O3/c1-8(7-15)6-9-4-3-5-10(16-2)11(9)17-12(13)14/h3-6,12,15H,7H2,1-2H3. The van der Waals surface area contributed by atoms with Crippen molar-refractivity contribution in [3.63, 3.8) is 0 Å². The number of hydrogen-bond acceptors (Lipinski definition) is 3. The summed E-state index contributed by atoms with van der Waals surface area (Å²) in [6.45, 7) is -1.38. The second kappa shape index (κ2) is 6.20. The van der Waals surface area contributed by atoms with E-state index in [1.54, 1.807) is 25.1 Å². The van der Waals surface area contributed by atoms with Gasteiger partial charge in [0, 0.05) is 5.56 Å². The first-order valence-corrected chi connectivity index (χ1v) is 4.98. The Hall–Kier alpha value is -1.62. The van der Waals surface area contributed by atoms with E-state index in [9.17, 15) is 8.78 Å². The summed E-state index contributed by atoms with van der Waals surface area (Å²) in [5.74, 6) is 0.197. The number of methoxy groups -OCH3 is 1. The van der Waals surface area contributed by atoms with Crippen LogP contribution in [0, 0.1) is 0 Å². The maximum atomic E-state index is 12.3. The molecule has 0 aromatic heterocycles. The maximum absolute atomic E-state index is 12.3. The van der Waals surface area contributed by atoms with Crippen molar-refractivity contribution in [3.05, 3.63) is 29.3 Å². The average molecular weight is 244 g/mol. The second-order valence-corrected chi connectivity index (χ2v) is 3.41. The first kappa shape index (κ1) is 13.4. The molecule has 1 rings (SSSR count). The molecule has 0 saturated carbocycles. The third-order valence-electron chi connectivity index (χ3n) is 2.09. The molecule has 0 bridgehead atoms. The van der Waals surface area contributed by atoms with E-state index < -0.39 is 6.61 Å². The van der Waals surface area contributed by atoms with Crippen molar-refractivity contribution in [2.24, 2.45) is 0 Å². The Morgan fingerprint density at radius 2 is 2.18 bits per heavy atom. The summed E-state index contributed by atoms with van der Waals surface area (Å²) in [7, 11) is 1.38. The van der Waals surface area contributed by atoms with Gasteiger partial charge in [0.25, 0.3) is 0 Å². The fourth-order valence-corrected chi connectivity index (χ4v) is 1.33. The third-order valence-corrected chi connectivity index (χ3v) is 2.09. The average Bonchev–Trinajstić information content (AvgIpc) is 2.30. The molecule has 1 N–H and O–H groups in total. The van der Waals surface area contributed by atoms with Crippen LogP contribution in [0.1, 0.15) is 12.5 Å². The Balaban J connectivity index is 3.19. The van der Waals surface area contributed by atoms with Gasteiger partial charge >= 0.3 is 6.61 Å². The van der Waals surface area contributed by atoms with E-state index in [0.717, 1.165) is 0 Å². The summed E-state index contributed by atoms with van der Waals surface area (Å²) in [6.07, 6.45) is 1.57. The van der Waals surface area contributed by atoms with E-state index in [4.69, 9.17) is 9.84 Å². The minimum absolute atomic E-state index is 0.0298. The van der Waals surface area contributed by atoms with Gasteiger partial charge in [-0.3, -0.25) is 0 Å². The van der Waals surface area contributed by atoms with Crippen molar-refractivity contribution in [2.45, 2.75) is 13.5 Å². The molecule has 1 aromatic rings. The highest BCUT2D eigenvalue weighted by Crippen LogP contribution is 2.33. The molecule has 0 heterocycles. The third kappa shape index (κ3) is 3.71. The van der Waals surface area contributed by atoms with Crippen molar-refractivity contribution in [1.82, 2.24) is 0 Å². The first-order valence-electron chi connectivity index (χ1n) is 4.98. The van der Waals surface area contributed by atoms with E-state index in [-0.39, 0.29) is 18.1 Å². The molecule has 0 fully saturated rings. The number of rotatable bonds is 5. The van der Waals surface area contributed by atoms with Gasteiger partial charge < -0.3 is 14.6 Å². The molecule has 0 aliphatic heterocycles. The highest BCUT2D eigenvalue weighted by molar-refractivity contribution is 5.64. The molecular formula is C12H14F2O3. The molecule has 0 aliphatic carbocycles. The molecule has 0 aliphatic rings. The normalized spacial score (nSPS) is 11.8. The van der Waals surface area contributed by atoms with E-state index in [2.05, 4.69) is 4.74 Å². The summed E-state index contributed by atoms with van der Waals surface area (Å²) in [5.41, 5.74) is 1.08. The molecule has 1 aromatic carbocycles. The van der Waals surface area contributed by atoms with Gasteiger partial charge in [-0.15, -0.1) is 0 Å². The molecule has 0 saturated heterocycles. The van der Waals surface area contributed by atoms with E-state index >= 15 is 0 Å². The van der Waals surface area contributed by atoms with E-state index in [1.807, 2.05) is 0 Å². The fourth-order valence-electron chi connectivity index (χ4n) is 1.33. The number of para-hydroxylation sites is 1. The van der Waals surface area contributed by atoms with Gasteiger partial charge in [0.05, 0.1) is 13.7 Å². The van der Waals surface area contributed by atoms with Crippen LogP contribution < -0.4 is 9.47 Å². The highest BCUT2D eigenvalue weighted by Gasteiger charge is 2.13. The van der Waals surface area contributed by atoms with Crippen LogP contribution in [-0.4, -0.2) is 25.4 Å². The topological polar surface area (TPSA) is 38.7 Å². The summed E-state index contributed by atoms with van der Waals surface area (Å²) >= 11 is 0. The highest BCUT2D eigenvalue weighted by atomic mass is 19.3. The Bertz CT molecular complexity index is 403. The first-order chi connectivity index (χ1) is 8.08. The predicted octanol–water partition coefficient (Wildman–Crippen LogP) is 2.69. The van der Waals surface area contributed by atoms with Crippen molar-refractivity contribution >= 4 is 6.08 Å². The molecule has 0 atom stereocenters. The summed E-state index contributed by atoms with van der Waals surface area (Å²) in [4.78, 5) is 0. The lowest BCUT2D eigenvalue weighted by molar-refractivity contribution is -0.0513. The largest absolute Gasteiger partial charge is 0.493 e. The molecule has 0 amide bonds. The van der Waals surface area contributed by atoms with Crippen LogP contribution in [0.5, 0.6) is 11.5 Å². The van der Waals surface area contributed by atoms with Crippen LogP contribution >= 0.6 is 0 Å². The fraction of sp³-hybridized carbons (Fsp3) is 0.333. The van der Waals surface area contributed by atoms with Crippen molar-refractivity contribution in [2.75, 3.05) is 13.7 Å². The van der Waals surface area contributed by atoms with E-state index in [1.165, 1.54) is 13.2 Å². The molecule has 0 radical (unpaired) electrons. The van der Waals surface area contributed by atoms with Crippen LogP contribution in [0.4, 0.5) is 8.78 Å². The molecule has 3 nitrogen and oxygen atoms in total. The van der Waals surface area contributed by atoms with Gasteiger partial charge in [-0.1, -0.05) is 12.1 Å². The monoisotopic (exact) mass is 244 g/mol. The maximum Gasteiger partial charge on any atom is 0.387 e. The Morgan fingerprint density at radius 1 is 1.47 bits per heavy atom. The van der Waals surface area contributed by atoms with Gasteiger partial charge in [0.1, 0.15) is 0 Å². The number of halogens is 2. The molecular weight excluding hydrogens is 230 g/mol. The van der Waals surface area contributed by atoms with Gasteiger partial charge in [0.2, 0.25) is 0 Å². The number of ether oxygens (including phenoxy) is 2. The number of aliphatic hydroxyl groups excluding tert-OH is 1. The van der Waals surface area contributed by atoms with Crippen molar-refractivity contribution in [1.29, 1.82) is 0 Å². The smallest absolute Gasteiger partial charge is 0.387 e.